The summed E-state index contributed by atoms with van der Waals surface area (Å²) in [6.45, 7) is 3.10. The molecule has 3 amide bonds. The van der Waals surface area contributed by atoms with Crippen molar-refractivity contribution in [3.05, 3.63) is 24.3 Å². The second kappa shape index (κ2) is 6.58. The molecule has 1 aromatic rings. The van der Waals surface area contributed by atoms with E-state index in [1.807, 2.05) is 24.3 Å². The van der Waals surface area contributed by atoms with Crippen LogP contribution in [-0.2, 0) is 4.74 Å². The Balaban J connectivity index is 1.31. The van der Waals surface area contributed by atoms with Gasteiger partial charge in [-0.1, -0.05) is 6.42 Å². The first-order chi connectivity index (χ1) is 12.1. The fourth-order valence-electron chi connectivity index (χ4n) is 4.74. The van der Waals surface area contributed by atoms with Gasteiger partial charge in [-0.15, -0.1) is 0 Å². The number of ether oxygens (including phenoxy) is 1. The number of urea groups is 1. The van der Waals surface area contributed by atoms with Gasteiger partial charge in [0.2, 0.25) is 0 Å². The zero-order chi connectivity index (χ0) is 17.4. The normalized spacial score (nSPS) is 28.8. The molecule has 0 spiro atoms. The van der Waals surface area contributed by atoms with Gasteiger partial charge < -0.3 is 15.4 Å². The second-order valence-corrected chi connectivity index (χ2v) is 7.54. The predicted octanol–water partition coefficient (Wildman–Crippen LogP) is 3.59. The summed E-state index contributed by atoms with van der Waals surface area (Å²) < 4.78 is 4.94. The van der Waals surface area contributed by atoms with Crippen LogP contribution in [0.15, 0.2) is 24.3 Å². The molecule has 4 rings (SSSR count). The lowest BCUT2D eigenvalue weighted by molar-refractivity contribution is 0.181. The molecule has 1 heterocycles. The number of benzene rings is 1. The maximum atomic E-state index is 12.3. The molecule has 4 atom stereocenters. The maximum absolute atomic E-state index is 12.3. The van der Waals surface area contributed by atoms with Crippen molar-refractivity contribution in [2.75, 3.05) is 23.4 Å². The molecule has 2 bridgehead atoms. The number of rotatable bonds is 4. The molecule has 6 nitrogen and oxygen atoms in total. The molecular weight excluding hydrogens is 318 g/mol. The molecule has 25 heavy (non-hydrogen) atoms. The van der Waals surface area contributed by atoms with Crippen LogP contribution in [0.2, 0.25) is 0 Å². The second-order valence-electron chi connectivity index (χ2n) is 7.54. The van der Waals surface area contributed by atoms with Gasteiger partial charge in [-0.3, -0.25) is 4.90 Å². The zero-order valence-electron chi connectivity index (χ0n) is 14.5. The Morgan fingerprint density at radius 1 is 1.24 bits per heavy atom. The Morgan fingerprint density at radius 2 is 2.04 bits per heavy atom. The highest BCUT2D eigenvalue weighted by atomic mass is 16.6. The van der Waals surface area contributed by atoms with Crippen LogP contribution in [0, 0.1) is 17.8 Å². The van der Waals surface area contributed by atoms with Crippen LogP contribution in [0.4, 0.5) is 21.0 Å². The number of carbonyl (C=O) groups excluding carboxylic acids is 2. The number of anilines is 2. The Bertz CT molecular complexity index is 660. The fourth-order valence-corrected chi connectivity index (χ4v) is 4.74. The molecule has 2 aliphatic carbocycles. The van der Waals surface area contributed by atoms with Crippen molar-refractivity contribution in [3.63, 3.8) is 0 Å². The van der Waals surface area contributed by atoms with Gasteiger partial charge in [0.25, 0.3) is 0 Å². The summed E-state index contributed by atoms with van der Waals surface area (Å²) in [6.07, 6.45) is 4.98. The van der Waals surface area contributed by atoms with E-state index in [1.165, 1.54) is 25.7 Å². The first-order valence-electron chi connectivity index (χ1n) is 9.22. The van der Waals surface area contributed by atoms with E-state index in [1.54, 1.807) is 4.90 Å². The summed E-state index contributed by atoms with van der Waals surface area (Å²) in [5.74, 6) is 2.29. The van der Waals surface area contributed by atoms with E-state index < -0.39 is 0 Å². The third-order valence-corrected chi connectivity index (χ3v) is 5.99. The summed E-state index contributed by atoms with van der Waals surface area (Å²) in [5, 5.41) is 5.98. The third kappa shape index (κ3) is 3.30. The van der Waals surface area contributed by atoms with Gasteiger partial charge in [0, 0.05) is 17.4 Å². The first kappa shape index (κ1) is 16.2. The summed E-state index contributed by atoms with van der Waals surface area (Å²) in [5.41, 5.74) is 1.50. The summed E-state index contributed by atoms with van der Waals surface area (Å²) in [4.78, 5) is 25.4. The van der Waals surface area contributed by atoms with Gasteiger partial charge in [0.1, 0.15) is 6.61 Å². The predicted molar refractivity (Wildman–Crippen MR) is 95.7 cm³/mol. The van der Waals surface area contributed by atoms with Gasteiger partial charge in [-0.2, -0.15) is 0 Å². The van der Waals surface area contributed by atoms with Crippen LogP contribution < -0.4 is 15.5 Å². The molecular formula is C19H25N3O3. The summed E-state index contributed by atoms with van der Waals surface area (Å²) in [7, 11) is 0. The number of hydrogen-bond acceptors (Lipinski definition) is 3. The average molecular weight is 343 g/mol. The number of cyclic esters (lactones) is 1. The molecule has 3 aliphatic rings. The monoisotopic (exact) mass is 343 g/mol. The Kier molecular flexibility index (Phi) is 4.27. The van der Waals surface area contributed by atoms with Crippen LogP contribution >= 0.6 is 0 Å². The highest BCUT2D eigenvalue weighted by Gasteiger charge is 2.42. The van der Waals surface area contributed by atoms with Gasteiger partial charge in [-0.05, 0) is 68.2 Å². The smallest absolute Gasteiger partial charge is 0.414 e. The fraction of sp³-hybridized carbons (Fsp3) is 0.579. The van der Waals surface area contributed by atoms with E-state index in [-0.39, 0.29) is 18.2 Å². The first-order valence-corrected chi connectivity index (χ1v) is 9.22. The number of hydrogen-bond donors (Lipinski definition) is 2. The molecule has 2 N–H and O–H groups in total. The molecule has 0 aromatic heterocycles. The molecule has 1 aliphatic heterocycles. The van der Waals surface area contributed by atoms with E-state index in [2.05, 4.69) is 17.6 Å². The molecule has 134 valence electrons. The standard InChI is InChI=1S/C19H25N3O3/c1-12(17-11-13-2-3-14(17)10-13)20-18(23)21-15-4-6-16(7-5-15)22-8-9-25-19(22)24/h4-7,12-14,17H,2-3,8-11H2,1H3,(H2,20,21,23). The minimum atomic E-state index is -0.321. The van der Waals surface area contributed by atoms with E-state index in [0.29, 0.717) is 24.8 Å². The number of fused-ring (bicyclic) bond motifs is 2. The lowest BCUT2D eigenvalue weighted by Crippen LogP contribution is -2.42. The highest BCUT2D eigenvalue weighted by molar-refractivity contribution is 5.91. The van der Waals surface area contributed by atoms with Crippen molar-refractivity contribution in [1.82, 2.24) is 5.32 Å². The van der Waals surface area contributed by atoms with Crippen molar-refractivity contribution < 1.29 is 14.3 Å². The Morgan fingerprint density at radius 3 is 2.64 bits per heavy atom. The Hall–Kier alpha value is -2.24. The number of nitrogens with one attached hydrogen (secondary N) is 2. The SMILES string of the molecule is CC(NC(=O)Nc1ccc(N2CCOC2=O)cc1)C1CC2CCC1C2. The van der Waals surface area contributed by atoms with Gasteiger partial charge >= 0.3 is 12.1 Å². The third-order valence-electron chi connectivity index (χ3n) is 5.99. The van der Waals surface area contributed by atoms with Gasteiger partial charge in [0.05, 0.1) is 6.54 Å². The highest BCUT2D eigenvalue weighted by Crippen LogP contribution is 2.49. The molecule has 3 fully saturated rings. The van der Waals surface area contributed by atoms with Crippen molar-refractivity contribution in [1.29, 1.82) is 0 Å². The van der Waals surface area contributed by atoms with Gasteiger partial charge in [-0.25, -0.2) is 9.59 Å². The van der Waals surface area contributed by atoms with Crippen LogP contribution in [-0.4, -0.2) is 31.3 Å². The molecule has 2 saturated carbocycles. The summed E-state index contributed by atoms with van der Waals surface area (Å²) in [6, 6.07) is 7.30. The van der Waals surface area contributed by atoms with Crippen molar-refractivity contribution in [3.8, 4) is 0 Å². The van der Waals surface area contributed by atoms with E-state index in [4.69, 9.17) is 4.74 Å². The molecule has 1 aromatic carbocycles. The Labute approximate surface area is 147 Å². The van der Waals surface area contributed by atoms with Crippen molar-refractivity contribution in [2.45, 2.75) is 38.6 Å². The molecule has 1 saturated heterocycles. The number of nitrogens with zero attached hydrogens (tertiary/aromatic N) is 1. The average Bonchev–Trinajstić information content (AvgIpc) is 3.32. The van der Waals surface area contributed by atoms with Crippen molar-refractivity contribution >= 4 is 23.5 Å². The van der Waals surface area contributed by atoms with E-state index in [0.717, 1.165) is 17.5 Å². The van der Waals surface area contributed by atoms with Crippen LogP contribution in [0.25, 0.3) is 0 Å². The lowest BCUT2D eigenvalue weighted by Gasteiger charge is -2.28. The van der Waals surface area contributed by atoms with E-state index in [9.17, 15) is 9.59 Å². The van der Waals surface area contributed by atoms with Crippen LogP contribution in [0.1, 0.15) is 32.6 Å². The zero-order valence-corrected chi connectivity index (χ0v) is 14.5. The maximum Gasteiger partial charge on any atom is 0.414 e. The van der Waals surface area contributed by atoms with Crippen molar-refractivity contribution in [2.24, 2.45) is 17.8 Å². The van der Waals surface area contributed by atoms with Gasteiger partial charge in [0.15, 0.2) is 0 Å². The molecule has 6 heteroatoms. The lowest BCUT2D eigenvalue weighted by atomic mass is 9.84. The quantitative estimate of drug-likeness (QED) is 0.878. The number of amides is 3. The topological polar surface area (TPSA) is 70.7 Å². The minimum absolute atomic E-state index is 0.163. The minimum Gasteiger partial charge on any atom is -0.447 e. The number of carbonyl (C=O) groups is 2. The van der Waals surface area contributed by atoms with Crippen LogP contribution in [0.3, 0.4) is 0 Å². The summed E-state index contributed by atoms with van der Waals surface area (Å²) >= 11 is 0. The van der Waals surface area contributed by atoms with E-state index >= 15 is 0 Å². The van der Waals surface area contributed by atoms with Crippen LogP contribution in [0.5, 0.6) is 0 Å². The molecule has 4 unspecified atom stereocenters. The largest absolute Gasteiger partial charge is 0.447 e. The molecule has 0 radical (unpaired) electrons.